The zero-order valence-electron chi connectivity index (χ0n) is 6.92. The minimum Gasteiger partial charge on any atom is -0.224 e. The van der Waals surface area contributed by atoms with Crippen LogP contribution in [0.3, 0.4) is 0 Å². The van der Waals surface area contributed by atoms with Gasteiger partial charge in [0, 0.05) is 8.95 Å². The number of hydrogen-bond donors (Lipinski definition) is 0. The number of rotatable bonds is 2. The molecule has 1 aromatic rings. The van der Waals surface area contributed by atoms with Crippen molar-refractivity contribution in [2.75, 3.05) is 5.75 Å². The third-order valence-corrected chi connectivity index (χ3v) is 5.28. The van der Waals surface area contributed by atoms with Crippen molar-refractivity contribution in [1.82, 2.24) is 0 Å². The van der Waals surface area contributed by atoms with E-state index in [9.17, 15) is 8.42 Å². The molecule has 0 aliphatic carbocycles. The number of benzene rings is 1. The second-order valence-electron chi connectivity index (χ2n) is 2.45. The molecule has 0 amide bonds. The van der Waals surface area contributed by atoms with Gasteiger partial charge in [-0.2, -0.15) is 0 Å². The molecule has 0 atom stereocenters. The summed E-state index contributed by atoms with van der Waals surface area (Å²) in [6.07, 6.45) is 0. The van der Waals surface area contributed by atoms with Crippen LogP contribution in [0.1, 0.15) is 6.92 Å². The highest BCUT2D eigenvalue weighted by Gasteiger charge is 2.18. The molecule has 0 aliphatic heterocycles. The van der Waals surface area contributed by atoms with Crippen LogP contribution in [0, 0.1) is 0 Å². The summed E-state index contributed by atoms with van der Waals surface area (Å²) in [6, 6.07) is 5.21. The van der Waals surface area contributed by atoms with Crippen LogP contribution < -0.4 is 0 Å². The van der Waals surface area contributed by atoms with E-state index in [4.69, 9.17) is 0 Å². The molecule has 2 nitrogen and oxygen atoms in total. The van der Waals surface area contributed by atoms with Crippen LogP contribution in [0.15, 0.2) is 32.0 Å². The van der Waals surface area contributed by atoms with E-state index in [2.05, 4.69) is 31.9 Å². The highest BCUT2D eigenvalue weighted by Crippen LogP contribution is 2.30. The van der Waals surface area contributed by atoms with Gasteiger partial charge in [0.2, 0.25) is 0 Å². The third-order valence-electron chi connectivity index (χ3n) is 1.61. The van der Waals surface area contributed by atoms with Gasteiger partial charge in [-0.3, -0.25) is 0 Å². The van der Waals surface area contributed by atoms with Gasteiger partial charge in [0.1, 0.15) is 0 Å². The molecule has 0 aromatic heterocycles. The minimum absolute atomic E-state index is 0.105. The lowest BCUT2D eigenvalue weighted by Gasteiger charge is -2.05. The minimum atomic E-state index is -3.15. The molecule has 0 fully saturated rings. The van der Waals surface area contributed by atoms with Crippen molar-refractivity contribution in [3.63, 3.8) is 0 Å². The van der Waals surface area contributed by atoms with Gasteiger partial charge in [-0.1, -0.05) is 13.0 Å². The van der Waals surface area contributed by atoms with Crippen molar-refractivity contribution < 1.29 is 8.42 Å². The standard InChI is InChI=1S/C8H8Br2O2S/c1-2-13(11,12)8-6(9)4-3-5-7(8)10/h3-5H,2H2,1H3. The quantitative estimate of drug-likeness (QED) is 0.836. The Kier molecular flexibility index (Phi) is 3.54. The molecule has 0 saturated carbocycles. The molecular weight excluding hydrogens is 320 g/mol. The maximum absolute atomic E-state index is 11.6. The van der Waals surface area contributed by atoms with Gasteiger partial charge in [0.15, 0.2) is 9.84 Å². The molecule has 13 heavy (non-hydrogen) atoms. The molecule has 0 bridgehead atoms. The van der Waals surface area contributed by atoms with E-state index in [1.165, 1.54) is 0 Å². The fraction of sp³-hybridized carbons (Fsp3) is 0.250. The van der Waals surface area contributed by atoms with Crippen LogP contribution in [-0.4, -0.2) is 14.2 Å². The Hall–Kier alpha value is 0.130. The molecule has 0 spiro atoms. The Morgan fingerprint density at radius 3 is 2.08 bits per heavy atom. The molecule has 72 valence electrons. The first-order chi connectivity index (χ1) is 5.99. The molecule has 0 saturated heterocycles. The summed E-state index contributed by atoms with van der Waals surface area (Å²) >= 11 is 6.43. The normalized spacial score (nSPS) is 11.6. The largest absolute Gasteiger partial charge is 0.224 e. The molecule has 1 aromatic carbocycles. The Balaban J connectivity index is 3.46. The van der Waals surface area contributed by atoms with Crippen LogP contribution in [-0.2, 0) is 9.84 Å². The van der Waals surface area contributed by atoms with E-state index in [1.54, 1.807) is 25.1 Å². The van der Waals surface area contributed by atoms with Gasteiger partial charge >= 0.3 is 0 Å². The van der Waals surface area contributed by atoms with Crippen LogP contribution >= 0.6 is 31.9 Å². The number of hydrogen-bond acceptors (Lipinski definition) is 2. The maximum atomic E-state index is 11.6. The number of sulfone groups is 1. The van der Waals surface area contributed by atoms with Gasteiger partial charge in [0.25, 0.3) is 0 Å². The van der Waals surface area contributed by atoms with Gasteiger partial charge in [0.05, 0.1) is 10.6 Å². The first kappa shape index (κ1) is 11.2. The summed E-state index contributed by atoms with van der Waals surface area (Å²) in [4.78, 5) is 0.331. The van der Waals surface area contributed by atoms with E-state index in [0.717, 1.165) is 0 Å². The Labute approximate surface area is 94.5 Å². The van der Waals surface area contributed by atoms with Crippen LogP contribution in [0.5, 0.6) is 0 Å². The number of halogens is 2. The third kappa shape index (κ3) is 2.33. The molecule has 0 radical (unpaired) electrons. The van der Waals surface area contributed by atoms with Crippen molar-refractivity contribution in [1.29, 1.82) is 0 Å². The lowest BCUT2D eigenvalue weighted by atomic mass is 10.4. The van der Waals surface area contributed by atoms with Crippen LogP contribution in [0.25, 0.3) is 0 Å². The average molecular weight is 328 g/mol. The fourth-order valence-electron chi connectivity index (χ4n) is 0.924. The zero-order chi connectivity index (χ0) is 10.1. The second kappa shape index (κ2) is 4.11. The summed E-state index contributed by atoms with van der Waals surface area (Å²) in [5.74, 6) is 0.105. The second-order valence-corrected chi connectivity index (χ2v) is 6.38. The summed E-state index contributed by atoms with van der Waals surface area (Å²) in [5, 5.41) is 0. The molecule has 0 unspecified atom stereocenters. The summed E-state index contributed by atoms with van der Waals surface area (Å²) < 4.78 is 24.4. The predicted molar refractivity (Wildman–Crippen MR) is 59.6 cm³/mol. The molecule has 0 heterocycles. The van der Waals surface area contributed by atoms with Crippen molar-refractivity contribution in [3.8, 4) is 0 Å². The Bertz CT molecular complexity index is 392. The van der Waals surface area contributed by atoms with E-state index < -0.39 is 9.84 Å². The maximum Gasteiger partial charge on any atom is 0.180 e. The molecule has 5 heteroatoms. The molecule has 0 aliphatic rings. The van der Waals surface area contributed by atoms with Gasteiger partial charge in [-0.15, -0.1) is 0 Å². The molecule has 1 rings (SSSR count). The lowest BCUT2D eigenvalue weighted by molar-refractivity contribution is 0.596. The smallest absolute Gasteiger partial charge is 0.180 e. The summed E-state index contributed by atoms with van der Waals surface area (Å²) in [6.45, 7) is 1.63. The van der Waals surface area contributed by atoms with E-state index in [-0.39, 0.29) is 5.75 Å². The highest BCUT2D eigenvalue weighted by atomic mass is 79.9. The first-order valence-electron chi connectivity index (χ1n) is 3.66. The SMILES string of the molecule is CCS(=O)(=O)c1c(Br)cccc1Br. The molecular formula is C8H8Br2O2S. The highest BCUT2D eigenvalue weighted by molar-refractivity contribution is 9.11. The Morgan fingerprint density at radius 2 is 1.69 bits per heavy atom. The van der Waals surface area contributed by atoms with Crippen molar-refractivity contribution >= 4 is 41.7 Å². The first-order valence-corrected chi connectivity index (χ1v) is 6.89. The topological polar surface area (TPSA) is 34.1 Å². The summed E-state index contributed by atoms with van der Waals surface area (Å²) in [7, 11) is -3.15. The van der Waals surface area contributed by atoms with E-state index in [0.29, 0.717) is 13.8 Å². The monoisotopic (exact) mass is 326 g/mol. The van der Waals surface area contributed by atoms with Gasteiger partial charge < -0.3 is 0 Å². The van der Waals surface area contributed by atoms with Crippen molar-refractivity contribution in [3.05, 3.63) is 27.1 Å². The van der Waals surface area contributed by atoms with E-state index in [1.807, 2.05) is 0 Å². The average Bonchev–Trinajstić information content (AvgIpc) is 2.03. The van der Waals surface area contributed by atoms with Gasteiger partial charge in [-0.25, -0.2) is 8.42 Å². The van der Waals surface area contributed by atoms with Crippen molar-refractivity contribution in [2.24, 2.45) is 0 Å². The van der Waals surface area contributed by atoms with Crippen molar-refractivity contribution in [2.45, 2.75) is 11.8 Å². The summed E-state index contributed by atoms with van der Waals surface area (Å²) in [5.41, 5.74) is 0. The predicted octanol–water partition coefficient (Wildman–Crippen LogP) is 3.01. The van der Waals surface area contributed by atoms with Crippen LogP contribution in [0.2, 0.25) is 0 Å². The van der Waals surface area contributed by atoms with Gasteiger partial charge in [-0.05, 0) is 44.0 Å². The fourth-order valence-corrected chi connectivity index (χ4v) is 4.42. The molecule has 0 N–H and O–H groups in total. The zero-order valence-corrected chi connectivity index (χ0v) is 10.9. The van der Waals surface area contributed by atoms with E-state index >= 15 is 0 Å². The Morgan fingerprint density at radius 1 is 1.23 bits per heavy atom. The lowest BCUT2D eigenvalue weighted by Crippen LogP contribution is -2.05. The van der Waals surface area contributed by atoms with Crippen LogP contribution in [0.4, 0.5) is 0 Å².